The molecule has 0 heterocycles. The number of hydrogen-bond donors (Lipinski definition) is 2. The second kappa shape index (κ2) is 9.83. The van der Waals surface area contributed by atoms with E-state index in [1.54, 1.807) is 36.4 Å². The largest absolute Gasteiger partial charge is 0.493 e. The van der Waals surface area contributed by atoms with Gasteiger partial charge in [-0.25, -0.2) is 4.79 Å². The summed E-state index contributed by atoms with van der Waals surface area (Å²) in [5, 5.41) is 20.3. The van der Waals surface area contributed by atoms with E-state index in [1.807, 2.05) is 13.0 Å². The number of carboxylic acid groups (broad SMARTS) is 1. The number of benzene rings is 2. The van der Waals surface area contributed by atoms with Crippen LogP contribution in [0.3, 0.4) is 0 Å². The molecule has 0 spiro atoms. The van der Waals surface area contributed by atoms with Gasteiger partial charge in [0.15, 0.2) is 24.7 Å². The average molecular weight is 384 g/mol. The van der Waals surface area contributed by atoms with E-state index in [0.717, 1.165) is 5.56 Å². The number of nitriles is 1. The van der Waals surface area contributed by atoms with E-state index in [0.29, 0.717) is 22.8 Å². The molecule has 2 aromatic rings. The van der Waals surface area contributed by atoms with Crippen LogP contribution in [0.5, 0.6) is 17.2 Å². The van der Waals surface area contributed by atoms with Gasteiger partial charge in [0.05, 0.1) is 24.8 Å². The minimum atomic E-state index is -1.05. The van der Waals surface area contributed by atoms with Crippen molar-refractivity contribution in [1.82, 2.24) is 5.32 Å². The van der Waals surface area contributed by atoms with Gasteiger partial charge in [-0.05, 0) is 36.8 Å². The predicted octanol–water partition coefficient (Wildman–Crippen LogP) is 2.29. The van der Waals surface area contributed by atoms with Crippen molar-refractivity contribution in [2.45, 2.75) is 13.0 Å². The Morgan fingerprint density at radius 1 is 1.11 bits per heavy atom. The van der Waals surface area contributed by atoms with E-state index in [-0.39, 0.29) is 18.6 Å². The van der Waals surface area contributed by atoms with Gasteiger partial charge >= 0.3 is 5.97 Å². The van der Waals surface area contributed by atoms with Gasteiger partial charge in [-0.15, -0.1) is 0 Å². The summed E-state index contributed by atoms with van der Waals surface area (Å²) in [6.45, 7) is 1.18. The Morgan fingerprint density at radius 2 is 1.82 bits per heavy atom. The van der Waals surface area contributed by atoms with E-state index in [2.05, 4.69) is 5.32 Å². The first kappa shape index (κ1) is 20.6. The smallest absolute Gasteiger partial charge is 0.341 e. The maximum absolute atomic E-state index is 12.1. The van der Waals surface area contributed by atoms with Crippen LogP contribution in [-0.4, -0.2) is 37.3 Å². The fourth-order valence-electron chi connectivity index (χ4n) is 2.36. The van der Waals surface area contributed by atoms with E-state index in [4.69, 9.17) is 24.6 Å². The molecule has 0 aromatic heterocycles. The Balaban J connectivity index is 1.89. The Labute approximate surface area is 162 Å². The summed E-state index contributed by atoms with van der Waals surface area (Å²) in [5.74, 6) is -0.212. The van der Waals surface area contributed by atoms with Crippen LogP contribution in [0, 0.1) is 11.3 Å². The number of carbonyl (C=O) groups is 2. The summed E-state index contributed by atoms with van der Waals surface area (Å²) in [6, 6.07) is 13.2. The summed E-state index contributed by atoms with van der Waals surface area (Å²) >= 11 is 0. The monoisotopic (exact) mass is 384 g/mol. The third-order valence-corrected chi connectivity index (χ3v) is 3.77. The van der Waals surface area contributed by atoms with E-state index < -0.39 is 12.6 Å². The first-order chi connectivity index (χ1) is 13.4. The summed E-state index contributed by atoms with van der Waals surface area (Å²) in [4.78, 5) is 22.6. The molecule has 0 saturated carbocycles. The lowest BCUT2D eigenvalue weighted by Gasteiger charge is -2.16. The molecule has 8 nitrogen and oxygen atoms in total. The van der Waals surface area contributed by atoms with Crippen LogP contribution in [-0.2, 0) is 9.59 Å². The minimum absolute atomic E-state index is 0.216. The van der Waals surface area contributed by atoms with Gasteiger partial charge in [-0.2, -0.15) is 5.26 Å². The van der Waals surface area contributed by atoms with Gasteiger partial charge < -0.3 is 24.6 Å². The number of nitrogens with one attached hydrogen (secondary N) is 1. The Kier molecular flexibility index (Phi) is 7.22. The molecule has 0 aliphatic heterocycles. The summed E-state index contributed by atoms with van der Waals surface area (Å²) in [6.07, 6.45) is 0. The quantitative estimate of drug-likeness (QED) is 0.681. The minimum Gasteiger partial charge on any atom is -0.493 e. The van der Waals surface area contributed by atoms with E-state index in [1.165, 1.54) is 13.2 Å². The molecule has 0 aliphatic rings. The maximum Gasteiger partial charge on any atom is 0.341 e. The number of methoxy groups -OCH3 is 1. The molecule has 1 atom stereocenters. The van der Waals surface area contributed by atoms with Crippen LogP contribution < -0.4 is 19.5 Å². The molecule has 0 saturated heterocycles. The number of hydrogen-bond acceptors (Lipinski definition) is 6. The zero-order valence-corrected chi connectivity index (χ0v) is 15.5. The van der Waals surface area contributed by atoms with Crippen LogP contribution in [0.25, 0.3) is 0 Å². The fourth-order valence-corrected chi connectivity index (χ4v) is 2.36. The molecule has 0 aliphatic carbocycles. The van der Waals surface area contributed by atoms with Gasteiger partial charge in [0.25, 0.3) is 5.91 Å². The van der Waals surface area contributed by atoms with Crippen molar-refractivity contribution in [3.8, 4) is 23.3 Å². The molecular weight excluding hydrogens is 364 g/mol. The van der Waals surface area contributed by atoms with Crippen molar-refractivity contribution in [2.75, 3.05) is 20.3 Å². The highest BCUT2D eigenvalue weighted by atomic mass is 16.5. The van der Waals surface area contributed by atoms with Crippen molar-refractivity contribution in [2.24, 2.45) is 0 Å². The number of amides is 1. The SMILES string of the molecule is COc1cc(C#N)ccc1OCC(=O)NC(C)c1ccc(OCC(=O)O)cc1. The van der Waals surface area contributed by atoms with Crippen LogP contribution >= 0.6 is 0 Å². The molecule has 2 aromatic carbocycles. The average Bonchev–Trinajstić information content (AvgIpc) is 2.70. The van der Waals surface area contributed by atoms with Crippen molar-refractivity contribution >= 4 is 11.9 Å². The lowest BCUT2D eigenvalue weighted by molar-refractivity contribution is -0.139. The van der Waals surface area contributed by atoms with Gasteiger partial charge in [0, 0.05) is 6.07 Å². The van der Waals surface area contributed by atoms with E-state index >= 15 is 0 Å². The third-order valence-electron chi connectivity index (χ3n) is 3.77. The second-order valence-corrected chi connectivity index (χ2v) is 5.81. The van der Waals surface area contributed by atoms with Crippen LogP contribution in [0.4, 0.5) is 0 Å². The molecule has 0 radical (unpaired) electrons. The molecule has 0 fully saturated rings. The first-order valence-corrected chi connectivity index (χ1v) is 8.37. The molecule has 8 heteroatoms. The third kappa shape index (κ3) is 5.92. The van der Waals surface area contributed by atoms with Crippen LogP contribution in [0.2, 0.25) is 0 Å². The van der Waals surface area contributed by atoms with Crippen molar-refractivity contribution in [3.63, 3.8) is 0 Å². The highest BCUT2D eigenvalue weighted by Crippen LogP contribution is 2.27. The van der Waals surface area contributed by atoms with Crippen LogP contribution in [0.1, 0.15) is 24.1 Å². The van der Waals surface area contributed by atoms with Gasteiger partial charge in [-0.1, -0.05) is 12.1 Å². The molecule has 28 heavy (non-hydrogen) atoms. The van der Waals surface area contributed by atoms with Crippen LogP contribution in [0.15, 0.2) is 42.5 Å². The highest BCUT2D eigenvalue weighted by molar-refractivity contribution is 5.78. The predicted molar refractivity (Wildman–Crippen MR) is 99.3 cm³/mol. The van der Waals surface area contributed by atoms with Gasteiger partial charge in [0.1, 0.15) is 5.75 Å². The van der Waals surface area contributed by atoms with Gasteiger partial charge in [-0.3, -0.25) is 4.79 Å². The Hall–Kier alpha value is -3.73. The molecule has 146 valence electrons. The number of nitrogens with zero attached hydrogens (tertiary/aromatic N) is 1. The van der Waals surface area contributed by atoms with Gasteiger partial charge in [0.2, 0.25) is 0 Å². The second-order valence-electron chi connectivity index (χ2n) is 5.81. The highest BCUT2D eigenvalue weighted by Gasteiger charge is 2.12. The van der Waals surface area contributed by atoms with Crippen molar-refractivity contribution < 1.29 is 28.9 Å². The lowest BCUT2D eigenvalue weighted by Crippen LogP contribution is -2.31. The Bertz CT molecular complexity index is 873. The first-order valence-electron chi connectivity index (χ1n) is 8.37. The normalized spacial score (nSPS) is 11.0. The topological polar surface area (TPSA) is 118 Å². The molecule has 1 unspecified atom stereocenters. The molecule has 1 amide bonds. The molecule has 0 bridgehead atoms. The number of rotatable bonds is 9. The zero-order chi connectivity index (χ0) is 20.5. The molecule has 2 rings (SSSR count). The van der Waals surface area contributed by atoms with E-state index in [9.17, 15) is 9.59 Å². The number of carbonyl (C=O) groups excluding carboxylic acids is 1. The van der Waals surface area contributed by atoms with Crippen molar-refractivity contribution in [1.29, 1.82) is 5.26 Å². The number of ether oxygens (including phenoxy) is 3. The fraction of sp³-hybridized carbons (Fsp3) is 0.250. The maximum atomic E-state index is 12.1. The summed E-state index contributed by atoms with van der Waals surface area (Å²) in [7, 11) is 1.45. The number of carboxylic acids is 1. The molecular formula is C20H20N2O6. The summed E-state index contributed by atoms with van der Waals surface area (Å²) in [5.41, 5.74) is 1.25. The lowest BCUT2D eigenvalue weighted by atomic mass is 10.1. The standard InChI is InChI=1S/C20H20N2O6/c1-13(15-4-6-16(7-5-15)27-12-20(24)25)22-19(23)11-28-17-8-3-14(10-21)9-18(17)26-2/h3-9,13H,11-12H2,1-2H3,(H,22,23)(H,24,25). The van der Waals surface area contributed by atoms with Crippen molar-refractivity contribution in [3.05, 3.63) is 53.6 Å². The number of aliphatic carboxylic acids is 1. The summed E-state index contributed by atoms with van der Waals surface area (Å²) < 4.78 is 15.7. The molecule has 2 N–H and O–H groups in total. The zero-order valence-electron chi connectivity index (χ0n) is 15.5. The Morgan fingerprint density at radius 3 is 2.43 bits per heavy atom.